The van der Waals surface area contributed by atoms with E-state index in [1.807, 2.05) is 0 Å². The number of carbonyl (C=O) groups is 4. The Hall–Kier alpha value is -3.17. The highest BCUT2D eigenvalue weighted by Gasteiger charge is 2.37. The number of nitrogens with zero attached hydrogens (tertiary/aromatic N) is 1. The number of urea groups is 1. The van der Waals surface area contributed by atoms with Crippen LogP contribution < -0.4 is 20.7 Å². The first-order valence-electron chi connectivity index (χ1n) is 8.14. The lowest BCUT2D eigenvalue weighted by molar-refractivity contribution is -0.123. The van der Waals surface area contributed by atoms with Crippen molar-refractivity contribution < 1.29 is 23.9 Å². The maximum absolute atomic E-state index is 12.9. The standard InChI is InChI=1S/C19H13BrClN3O5/c20-11-4-5-15(29-9-16(22)25)10(6-11)7-14-17(26)23-19(28)24(18(14)27)13-3-1-2-12(21)8-13/h1-8H,9H2,(H2,22,25)(H,23,26,28). The molecule has 0 unspecified atom stereocenters. The van der Waals surface area contributed by atoms with Gasteiger partial charge in [0.2, 0.25) is 0 Å². The quantitative estimate of drug-likeness (QED) is 0.506. The highest BCUT2D eigenvalue weighted by atomic mass is 79.9. The number of anilines is 1. The summed E-state index contributed by atoms with van der Waals surface area (Å²) >= 11 is 9.24. The number of benzene rings is 2. The van der Waals surface area contributed by atoms with E-state index >= 15 is 0 Å². The maximum atomic E-state index is 12.9. The van der Waals surface area contributed by atoms with Crippen molar-refractivity contribution in [3.05, 3.63) is 63.1 Å². The van der Waals surface area contributed by atoms with Crippen LogP contribution in [0.25, 0.3) is 6.08 Å². The molecule has 5 amide bonds. The molecule has 3 rings (SSSR count). The van der Waals surface area contributed by atoms with E-state index in [1.54, 1.807) is 30.3 Å². The van der Waals surface area contributed by atoms with Crippen molar-refractivity contribution in [2.24, 2.45) is 5.73 Å². The average molecular weight is 479 g/mol. The van der Waals surface area contributed by atoms with Crippen LogP contribution in [-0.2, 0) is 14.4 Å². The van der Waals surface area contributed by atoms with E-state index in [0.29, 0.717) is 15.1 Å². The summed E-state index contributed by atoms with van der Waals surface area (Å²) in [5.41, 5.74) is 5.34. The molecule has 8 nitrogen and oxygen atoms in total. The topological polar surface area (TPSA) is 119 Å². The molecule has 1 heterocycles. The minimum atomic E-state index is -0.890. The van der Waals surface area contributed by atoms with Gasteiger partial charge in [0.05, 0.1) is 5.69 Å². The number of nitrogens with one attached hydrogen (secondary N) is 1. The fraction of sp³-hybridized carbons (Fsp3) is 0.0526. The Bertz CT molecular complexity index is 1070. The second-order valence-electron chi connectivity index (χ2n) is 5.87. The number of nitrogens with two attached hydrogens (primary N) is 1. The zero-order valence-electron chi connectivity index (χ0n) is 14.6. The van der Waals surface area contributed by atoms with Crippen LogP contribution in [0.3, 0.4) is 0 Å². The molecule has 1 aliphatic heterocycles. The van der Waals surface area contributed by atoms with E-state index in [9.17, 15) is 19.2 Å². The summed E-state index contributed by atoms with van der Waals surface area (Å²) in [7, 11) is 0. The Morgan fingerprint density at radius 2 is 1.97 bits per heavy atom. The van der Waals surface area contributed by atoms with Gasteiger partial charge in [-0.05, 0) is 42.5 Å². The van der Waals surface area contributed by atoms with Crippen LogP contribution in [-0.4, -0.2) is 30.4 Å². The molecule has 1 saturated heterocycles. The monoisotopic (exact) mass is 477 g/mol. The number of rotatable bonds is 5. The van der Waals surface area contributed by atoms with Gasteiger partial charge in [-0.25, -0.2) is 9.69 Å². The number of barbiturate groups is 1. The summed E-state index contributed by atoms with van der Waals surface area (Å²) in [6.07, 6.45) is 1.27. The molecule has 0 atom stereocenters. The summed E-state index contributed by atoms with van der Waals surface area (Å²) in [6.45, 7) is -0.384. The number of amides is 5. The predicted octanol–water partition coefficient (Wildman–Crippen LogP) is 2.63. The van der Waals surface area contributed by atoms with Crippen LogP contribution in [0.2, 0.25) is 5.02 Å². The number of carbonyl (C=O) groups excluding carboxylic acids is 4. The van der Waals surface area contributed by atoms with Gasteiger partial charge < -0.3 is 10.5 Å². The Morgan fingerprint density at radius 3 is 2.66 bits per heavy atom. The molecule has 2 aromatic carbocycles. The van der Waals surface area contributed by atoms with Gasteiger partial charge in [0.25, 0.3) is 17.7 Å². The number of imide groups is 2. The Labute approximate surface area is 178 Å². The molecule has 0 aliphatic carbocycles. The third-order valence-electron chi connectivity index (χ3n) is 3.81. The summed E-state index contributed by atoms with van der Waals surface area (Å²) in [6, 6.07) is 9.99. The molecule has 0 aromatic heterocycles. The van der Waals surface area contributed by atoms with Crippen molar-refractivity contribution in [2.75, 3.05) is 11.5 Å². The van der Waals surface area contributed by atoms with Crippen molar-refractivity contribution >= 4 is 63.0 Å². The van der Waals surface area contributed by atoms with E-state index < -0.39 is 23.8 Å². The van der Waals surface area contributed by atoms with Gasteiger partial charge in [-0.3, -0.25) is 19.7 Å². The summed E-state index contributed by atoms with van der Waals surface area (Å²) in [4.78, 5) is 49.3. The highest BCUT2D eigenvalue weighted by molar-refractivity contribution is 9.10. The number of hydrogen-bond donors (Lipinski definition) is 2. The molecular formula is C19H13BrClN3O5. The Kier molecular flexibility index (Phi) is 6.00. The van der Waals surface area contributed by atoms with Crippen molar-refractivity contribution in [2.45, 2.75) is 0 Å². The fourth-order valence-electron chi connectivity index (χ4n) is 2.58. The third-order valence-corrected chi connectivity index (χ3v) is 4.54. The predicted molar refractivity (Wildman–Crippen MR) is 109 cm³/mol. The number of ether oxygens (including phenoxy) is 1. The molecule has 0 radical (unpaired) electrons. The fourth-order valence-corrected chi connectivity index (χ4v) is 3.14. The smallest absolute Gasteiger partial charge is 0.335 e. The van der Waals surface area contributed by atoms with Crippen LogP contribution in [0.15, 0.2) is 52.5 Å². The molecule has 1 aliphatic rings. The zero-order chi connectivity index (χ0) is 21.1. The lowest BCUT2D eigenvalue weighted by Gasteiger charge is -2.26. The summed E-state index contributed by atoms with van der Waals surface area (Å²) in [5.74, 6) is -2.15. The molecule has 10 heteroatoms. The molecule has 2 aromatic rings. The van der Waals surface area contributed by atoms with E-state index in [4.69, 9.17) is 22.1 Å². The Morgan fingerprint density at radius 1 is 1.21 bits per heavy atom. The lowest BCUT2D eigenvalue weighted by atomic mass is 10.1. The average Bonchev–Trinajstić information content (AvgIpc) is 2.64. The van der Waals surface area contributed by atoms with Gasteiger partial charge in [0, 0.05) is 15.1 Å². The van der Waals surface area contributed by atoms with Crippen LogP contribution in [0, 0.1) is 0 Å². The van der Waals surface area contributed by atoms with E-state index in [-0.39, 0.29) is 23.6 Å². The normalized spacial score (nSPS) is 15.4. The van der Waals surface area contributed by atoms with E-state index in [2.05, 4.69) is 21.2 Å². The zero-order valence-corrected chi connectivity index (χ0v) is 17.0. The van der Waals surface area contributed by atoms with E-state index in [0.717, 1.165) is 4.90 Å². The van der Waals surface area contributed by atoms with Gasteiger partial charge in [-0.1, -0.05) is 33.6 Å². The SMILES string of the molecule is NC(=O)COc1ccc(Br)cc1C=C1C(=O)NC(=O)N(c2cccc(Cl)c2)C1=O. The van der Waals surface area contributed by atoms with Gasteiger partial charge in [-0.15, -0.1) is 0 Å². The van der Waals surface area contributed by atoms with Gasteiger partial charge in [0.1, 0.15) is 11.3 Å². The summed E-state index contributed by atoms with van der Waals surface area (Å²) < 4.78 is 5.97. The maximum Gasteiger partial charge on any atom is 0.335 e. The van der Waals surface area contributed by atoms with Crippen LogP contribution in [0.4, 0.5) is 10.5 Å². The van der Waals surface area contributed by atoms with Crippen molar-refractivity contribution in [1.82, 2.24) is 5.32 Å². The highest BCUT2D eigenvalue weighted by Crippen LogP contribution is 2.28. The lowest BCUT2D eigenvalue weighted by Crippen LogP contribution is -2.54. The summed E-state index contributed by atoms with van der Waals surface area (Å²) in [5, 5.41) is 2.44. The molecule has 148 valence electrons. The number of halogens is 2. The van der Waals surface area contributed by atoms with Crippen LogP contribution >= 0.6 is 27.5 Å². The van der Waals surface area contributed by atoms with Gasteiger partial charge in [0.15, 0.2) is 6.61 Å². The van der Waals surface area contributed by atoms with Crippen molar-refractivity contribution in [3.8, 4) is 5.75 Å². The first-order chi connectivity index (χ1) is 13.8. The van der Waals surface area contributed by atoms with Crippen LogP contribution in [0.5, 0.6) is 5.75 Å². The third kappa shape index (κ3) is 4.64. The molecule has 0 spiro atoms. The number of hydrogen-bond acceptors (Lipinski definition) is 5. The van der Waals surface area contributed by atoms with Crippen molar-refractivity contribution in [3.63, 3.8) is 0 Å². The number of primary amides is 1. The minimum Gasteiger partial charge on any atom is -0.483 e. The second kappa shape index (κ2) is 8.46. The second-order valence-corrected chi connectivity index (χ2v) is 7.23. The first-order valence-corrected chi connectivity index (χ1v) is 9.31. The molecule has 0 saturated carbocycles. The van der Waals surface area contributed by atoms with Gasteiger partial charge in [-0.2, -0.15) is 0 Å². The molecule has 29 heavy (non-hydrogen) atoms. The minimum absolute atomic E-state index is 0.206. The van der Waals surface area contributed by atoms with Crippen LogP contribution in [0.1, 0.15) is 5.56 Å². The van der Waals surface area contributed by atoms with Gasteiger partial charge >= 0.3 is 6.03 Å². The van der Waals surface area contributed by atoms with E-state index in [1.165, 1.54) is 18.2 Å². The molecule has 1 fully saturated rings. The van der Waals surface area contributed by atoms with Crippen molar-refractivity contribution in [1.29, 1.82) is 0 Å². The molecular weight excluding hydrogens is 466 g/mol. The Balaban J connectivity index is 2.03. The molecule has 0 bridgehead atoms. The first kappa shape index (κ1) is 20.6. The largest absolute Gasteiger partial charge is 0.483 e. The molecule has 3 N–H and O–H groups in total.